The van der Waals surface area contributed by atoms with E-state index in [-0.39, 0.29) is 31.6 Å². The highest BCUT2D eigenvalue weighted by Crippen LogP contribution is 2.24. The number of rotatable bonds is 9. The standard InChI is InChI=1S/C25H28N2O5/c1-18-9-3-5-11-20(18)17-26(21-12-6-4-10-19(21)2)22(28)13-7-8-14-25(31)32-27-23(29)15-16-24(27)30/h3-6,9-12H,7-8,13-17H2,1-2H3. The zero-order valence-electron chi connectivity index (χ0n) is 18.5. The predicted octanol–water partition coefficient (Wildman–Crippen LogP) is 4.00. The Morgan fingerprint density at radius 2 is 1.47 bits per heavy atom. The van der Waals surface area contributed by atoms with Gasteiger partial charge in [0.05, 0.1) is 6.54 Å². The topological polar surface area (TPSA) is 84.0 Å². The molecule has 2 aromatic carbocycles. The Morgan fingerprint density at radius 3 is 2.12 bits per heavy atom. The molecule has 0 aliphatic carbocycles. The van der Waals surface area contributed by atoms with Crippen molar-refractivity contribution in [2.75, 3.05) is 4.90 Å². The van der Waals surface area contributed by atoms with Gasteiger partial charge in [-0.05, 0) is 49.4 Å². The van der Waals surface area contributed by atoms with Crippen molar-refractivity contribution in [2.45, 2.75) is 58.9 Å². The van der Waals surface area contributed by atoms with E-state index in [9.17, 15) is 19.2 Å². The van der Waals surface area contributed by atoms with Crippen LogP contribution in [0.4, 0.5) is 5.69 Å². The molecule has 1 aliphatic heterocycles. The number of imide groups is 1. The fourth-order valence-electron chi connectivity index (χ4n) is 3.62. The molecule has 168 valence electrons. The largest absolute Gasteiger partial charge is 0.333 e. The SMILES string of the molecule is Cc1ccccc1CN(C(=O)CCCCC(=O)ON1C(=O)CCC1=O)c1ccccc1C. The quantitative estimate of drug-likeness (QED) is 0.438. The van der Waals surface area contributed by atoms with Gasteiger partial charge in [-0.3, -0.25) is 14.4 Å². The number of carbonyl (C=O) groups is 4. The van der Waals surface area contributed by atoms with E-state index in [1.807, 2.05) is 62.4 Å². The first kappa shape index (κ1) is 23.2. The summed E-state index contributed by atoms with van der Waals surface area (Å²) in [4.78, 5) is 54.8. The summed E-state index contributed by atoms with van der Waals surface area (Å²) in [7, 11) is 0. The molecule has 0 saturated carbocycles. The summed E-state index contributed by atoms with van der Waals surface area (Å²) in [6, 6.07) is 15.7. The van der Waals surface area contributed by atoms with Gasteiger partial charge >= 0.3 is 5.97 Å². The molecular weight excluding hydrogens is 408 g/mol. The van der Waals surface area contributed by atoms with Gasteiger partial charge in [-0.2, -0.15) is 0 Å². The maximum Gasteiger partial charge on any atom is 0.333 e. The maximum absolute atomic E-state index is 13.1. The van der Waals surface area contributed by atoms with Gasteiger partial charge < -0.3 is 9.74 Å². The maximum atomic E-state index is 13.1. The van der Waals surface area contributed by atoms with Crippen LogP contribution in [0.15, 0.2) is 48.5 Å². The number of para-hydroxylation sites is 1. The molecule has 0 N–H and O–H groups in total. The number of hydroxylamine groups is 2. The molecular formula is C25H28N2O5. The molecule has 0 bridgehead atoms. The second kappa shape index (κ2) is 10.7. The molecule has 7 nitrogen and oxygen atoms in total. The highest BCUT2D eigenvalue weighted by molar-refractivity contribution is 6.01. The van der Waals surface area contributed by atoms with Crippen LogP contribution >= 0.6 is 0 Å². The molecule has 1 saturated heterocycles. The zero-order valence-corrected chi connectivity index (χ0v) is 18.5. The highest BCUT2D eigenvalue weighted by atomic mass is 16.7. The van der Waals surface area contributed by atoms with Crippen LogP contribution in [0.25, 0.3) is 0 Å². The van der Waals surface area contributed by atoms with Gasteiger partial charge in [-0.15, -0.1) is 5.06 Å². The Labute approximate surface area is 187 Å². The Balaban J connectivity index is 1.57. The molecule has 0 radical (unpaired) electrons. The summed E-state index contributed by atoms with van der Waals surface area (Å²) < 4.78 is 0. The lowest BCUT2D eigenvalue weighted by Crippen LogP contribution is -2.32. The first-order valence-electron chi connectivity index (χ1n) is 10.8. The van der Waals surface area contributed by atoms with Gasteiger partial charge in [0, 0.05) is 31.4 Å². The molecule has 1 fully saturated rings. The van der Waals surface area contributed by atoms with Crippen molar-refractivity contribution in [2.24, 2.45) is 0 Å². The first-order chi connectivity index (χ1) is 15.4. The van der Waals surface area contributed by atoms with Crippen LogP contribution < -0.4 is 4.90 Å². The van der Waals surface area contributed by atoms with E-state index < -0.39 is 17.8 Å². The fourth-order valence-corrected chi connectivity index (χ4v) is 3.62. The minimum absolute atomic E-state index is 0.0270. The molecule has 2 aromatic rings. The lowest BCUT2D eigenvalue weighted by Gasteiger charge is -2.25. The summed E-state index contributed by atoms with van der Waals surface area (Å²) in [5.74, 6) is -1.66. The molecule has 1 heterocycles. The third kappa shape index (κ3) is 5.81. The predicted molar refractivity (Wildman–Crippen MR) is 119 cm³/mol. The van der Waals surface area contributed by atoms with Gasteiger partial charge in [0.2, 0.25) is 5.91 Å². The van der Waals surface area contributed by atoms with Crippen LogP contribution in [0.2, 0.25) is 0 Å². The second-order valence-electron chi connectivity index (χ2n) is 7.95. The molecule has 0 spiro atoms. The number of unbranched alkanes of at least 4 members (excludes halogenated alkanes) is 1. The Hall–Kier alpha value is -3.48. The van der Waals surface area contributed by atoms with Crippen LogP contribution in [0, 0.1) is 13.8 Å². The van der Waals surface area contributed by atoms with Crippen LogP contribution in [-0.4, -0.2) is 28.8 Å². The fraction of sp³-hybridized carbons (Fsp3) is 0.360. The lowest BCUT2D eigenvalue weighted by atomic mass is 10.1. The van der Waals surface area contributed by atoms with Gasteiger partial charge in [-0.25, -0.2) is 4.79 Å². The van der Waals surface area contributed by atoms with E-state index in [1.54, 1.807) is 4.90 Å². The Bertz CT molecular complexity index is 1000. The summed E-state index contributed by atoms with van der Waals surface area (Å²) in [5, 5.41) is 0.551. The normalized spacial score (nSPS) is 13.4. The van der Waals surface area contributed by atoms with Gasteiger partial charge in [0.25, 0.3) is 11.8 Å². The van der Waals surface area contributed by atoms with Crippen LogP contribution in [-0.2, 0) is 30.6 Å². The Morgan fingerprint density at radius 1 is 0.875 bits per heavy atom. The van der Waals surface area contributed by atoms with Crippen LogP contribution in [0.5, 0.6) is 0 Å². The van der Waals surface area contributed by atoms with E-state index in [0.717, 1.165) is 22.4 Å². The number of aryl methyl sites for hydroxylation is 2. The molecule has 0 atom stereocenters. The van der Waals surface area contributed by atoms with Crippen molar-refractivity contribution in [3.05, 3.63) is 65.2 Å². The number of amides is 3. The van der Waals surface area contributed by atoms with Crippen molar-refractivity contribution >= 4 is 29.4 Å². The van der Waals surface area contributed by atoms with Crippen molar-refractivity contribution in [3.63, 3.8) is 0 Å². The van der Waals surface area contributed by atoms with Crippen LogP contribution in [0.1, 0.15) is 55.2 Å². The van der Waals surface area contributed by atoms with Crippen molar-refractivity contribution in [1.29, 1.82) is 0 Å². The molecule has 7 heteroatoms. The van der Waals surface area contributed by atoms with E-state index >= 15 is 0 Å². The smallest absolute Gasteiger partial charge is 0.330 e. The lowest BCUT2D eigenvalue weighted by molar-refractivity contribution is -0.197. The zero-order chi connectivity index (χ0) is 23.1. The highest BCUT2D eigenvalue weighted by Gasteiger charge is 2.32. The average molecular weight is 437 g/mol. The molecule has 0 aromatic heterocycles. The van der Waals surface area contributed by atoms with Crippen LogP contribution in [0.3, 0.4) is 0 Å². The minimum atomic E-state index is -0.642. The number of carbonyl (C=O) groups excluding carboxylic acids is 4. The van der Waals surface area contributed by atoms with E-state index in [1.165, 1.54) is 0 Å². The average Bonchev–Trinajstić information content (AvgIpc) is 3.08. The summed E-state index contributed by atoms with van der Waals surface area (Å²) in [5.41, 5.74) is 4.07. The number of nitrogens with zero attached hydrogens (tertiary/aromatic N) is 2. The molecule has 32 heavy (non-hydrogen) atoms. The van der Waals surface area contributed by atoms with E-state index in [0.29, 0.717) is 24.4 Å². The molecule has 3 amide bonds. The van der Waals surface area contributed by atoms with E-state index in [2.05, 4.69) is 0 Å². The van der Waals surface area contributed by atoms with Crippen molar-refractivity contribution in [1.82, 2.24) is 5.06 Å². The third-order valence-corrected chi connectivity index (χ3v) is 5.52. The summed E-state index contributed by atoms with van der Waals surface area (Å²) in [6.45, 7) is 4.47. The Kier molecular flexibility index (Phi) is 7.76. The molecule has 1 aliphatic rings. The number of benzene rings is 2. The number of hydrogen-bond donors (Lipinski definition) is 0. The molecule has 0 unspecified atom stereocenters. The second-order valence-corrected chi connectivity index (χ2v) is 7.95. The monoisotopic (exact) mass is 436 g/mol. The minimum Gasteiger partial charge on any atom is -0.330 e. The summed E-state index contributed by atoms with van der Waals surface area (Å²) in [6.07, 6.45) is 1.35. The van der Waals surface area contributed by atoms with Crippen molar-refractivity contribution in [3.8, 4) is 0 Å². The number of hydrogen-bond acceptors (Lipinski definition) is 5. The number of anilines is 1. The van der Waals surface area contributed by atoms with Gasteiger partial charge in [-0.1, -0.05) is 42.5 Å². The molecule has 3 rings (SSSR count). The summed E-state index contributed by atoms with van der Waals surface area (Å²) >= 11 is 0. The van der Waals surface area contributed by atoms with Gasteiger partial charge in [0.1, 0.15) is 0 Å². The van der Waals surface area contributed by atoms with Gasteiger partial charge in [0.15, 0.2) is 0 Å². The van der Waals surface area contributed by atoms with E-state index in [4.69, 9.17) is 4.84 Å². The third-order valence-electron chi connectivity index (χ3n) is 5.52. The van der Waals surface area contributed by atoms with Crippen molar-refractivity contribution < 1.29 is 24.0 Å². The first-order valence-corrected chi connectivity index (χ1v) is 10.8.